The summed E-state index contributed by atoms with van der Waals surface area (Å²) >= 11 is 4.46. The largest absolute Gasteiger partial charge is 0.495 e. The van der Waals surface area contributed by atoms with Gasteiger partial charge in [-0.25, -0.2) is 0 Å². The first-order chi connectivity index (χ1) is 11.6. The van der Waals surface area contributed by atoms with Crippen LogP contribution < -0.4 is 10.1 Å². The molecular formula is C17H14BrN3O2S. The summed E-state index contributed by atoms with van der Waals surface area (Å²) in [5.74, 6) is 0.350. The maximum atomic E-state index is 12.7. The molecule has 0 unspecified atom stereocenters. The highest BCUT2D eigenvalue weighted by atomic mass is 79.9. The van der Waals surface area contributed by atoms with Gasteiger partial charge in [0.1, 0.15) is 16.3 Å². The van der Waals surface area contributed by atoms with Gasteiger partial charge in [0.25, 0.3) is 5.91 Å². The fourth-order valence-corrected chi connectivity index (χ4v) is 3.08. The molecular weight excluding hydrogens is 390 g/mol. The number of anilines is 1. The van der Waals surface area contributed by atoms with Crippen molar-refractivity contribution in [1.82, 2.24) is 9.59 Å². The molecule has 0 saturated heterocycles. The average molecular weight is 404 g/mol. The minimum atomic E-state index is -0.258. The van der Waals surface area contributed by atoms with Crippen LogP contribution in [0, 0.1) is 6.92 Å². The maximum absolute atomic E-state index is 12.7. The van der Waals surface area contributed by atoms with Crippen LogP contribution in [0.5, 0.6) is 5.75 Å². The van der Waals surface area contributed by atoms with Gasteiger partial charge in [0.2, 0.25) is 0 Å². The summed E-state index contributed by atoms with van der Waals surface area (Å²) < 4.78 is 10.2. The van der Waals surface area contributed by atoms with Crippen LogP contribution in [0.3, 0.4) is 0 Å². The highest BCUT2D eigenvalue weighted by Crippen LogP contribution is 2.29. The highest BCUT2D eigenvalue weighted by Gasteiger charge is 2.19. The molecule has 0 atom stereocenters. The number of amides is 1. The Labute approximate surface area is 152 Å². The van der Waals surface area contributed by atoms with Crippen molar-refractivity contribution in [3.8, 4) is 17.0 Å². The predicted molar refractivity (Wildman–Crippen MR) is 98.7 cm³/mol. The Hall–Kier alpha value is -2.25. The monoisotopic (exact) mass is 403 g/mol. The smallest absolute Gasteiger partial charge is 0.269 e. The molecule has 2 aromatic carbocycles. The van der Waals surface area contributed by atoms with E-state index in [2.05, 4.69) is 30.8 Å². The van der Waals surface area contributed by atoms with E-state index in [-0.39, 0.29) is 5.91 Å². The van der Waals surface area contributed by atoms with Crippen LogP contribution >= 0.6 is 27.5 Å². The van der Waals surface area contributed by atoms with E-state index in [0.29, 0.717) is 22.0 Å². The standard InChI is InChI=1S/C17H14BrN3O2S/c1-10-3-8-14(23-2)13(9-10)19-17(22)16-15(20-21-24-16)11-4-6-12(18)7-5-11/h3-9H,1-2H3,(H,19,22). The Morgan fingerprint density at radius 2 is 1.96 bits per heavy atom. The zero-order chi connectivity index (χ0) is 17.1. The second-order valence-corrected chi connectivity index (χ2v) is 6.79. The van der Waals surface area contributed by atoms with E-state index in [4.69, 9.17) is 4.74 Å². The molecule has 0 aliphatic rings. The SMILES string of the molecule is COc1ccc(C)cc1NC(=O)c1snnc1-c1ccc(Br)cc1. The molecule has 0 fully saturated rings. The third-order valence-corrected chi connectivity index (χ3v) is 4.67. The van der Waals surface area contributed by atoms with Gasteiger partial charge in [0.05, 0.1) is 12.8 Å². The Morgan fingerprint density at radius 3 is 2.67 bits per heavy atom. The molecule has 3 rings (SSSR count). The van der Waals surface area contributed by atoms with Crippen molar-refractivity contribution < 1.29 is 9.53 Å². The number of nitrogens with zero attached hydrogens (tertiary/aromatic N) is 2. The molecule has 1 aromatic heterocycles. The number of carbonyl (C=O) groups excluding carboxylic acids is 1. The molecule has 0 aliphatic heterocycles. The van der Waals surface area contributed by atoms with Gasteiger partial charge in [-0.05, 0) is 48.3 Å². The average Bonchev–Trinajstić information content (AvgIpc) is 3.05. The molecule has 0 bridgehead atoms. The first kappa shape index (κ1) is 16.6. The second kappa shape index (κ2) is 7.11. The number of hydrogen-bond donors (Lipinski definition) is 1. The Morgan fingerprint density at radius 1 is 1.21 bits per heavy atom. The Balaban J connectivity index is 1.91. The molecule has 0 aliphatic carbocycles. The third kappa shape index (κ3) is 3.47. The molecule has 0 radical (unpaired) electrons. The predicted octanol–water partition coefficient (Wildman–Crippen LogP) is 4.54. The number of carbonyl (C=O) groups is 1. The zero-order valence-electron chi connectivity index (χ0n) is 13.0. The van der Waals surface area contributed by atoms with E-state index in [1.807, 2.05) is 49.4 Å². The molecule has 7 heteroatoms. The summed E-state index contributed by atoms with van der Waals surface area (Å²) in [4.78, 5) is 13.1. The Kier molecular flexibility index (Phi) is 4.92. The molecule has 5 nitrogen and oxygen atoms in total. The molecule has 1 N–H and O–H groups in total. The summed E-state index contributed by atoms with van der Waals surface area (Å²) in [6.45, 7) is 1.95. The van der Waals surface area contributed by atoms with Gasteiger partial charge in [0.15, 0.2) is 0 Å². The van der Waals surface area contributed by atoms with Crippen molar-refractivity contribution in [3.05, 3.63) is 57.4 Å². The van der Waals surface area contributed by atoms with Gasteiger partial charge >= 0.3 is 0 Å². The van der Waals surface area contributed by atoms with Crippen LogP contribution in [0.2, 0.25) is 0 Å². The quantitative estimate of drug-likeness (QED) is 0.694. The van der Waals surface area contributed by atoms with E-state index in [1.54, 1.807) is 7.11 Å². The number of rotatable bonds is 4. The molecule has 3 aromatic rings. The number of ether oxygens (including phenoxy) is 1. The van der Waals surface area contributed by atoms with Gasteiger partial charge in [-0.2, -0.15) is 0 Å². The minimum absolute atomic E-state index is 0.258. The number of nitrogens with one attached hydrogen (secondary N) is 1. The van der Waals surface area contributed by atoms with E-state index >= 15 is 0 Å². The van der Waals surface area contributed by atoms with E-state index in [9.17, 15) is 4.79 Å². The fraction of sp³-hybridized carbons (Fsp3) is 0.118. The summed E-state index contributed by atoms with van der Waals surface area (Å²) in [5, 5.41) is 6.98. The third-order valence-electron chi connectivity index (χ3n) is 3.42. The molecule has 122 valence electrons. The number of aromatic nitrogens is 2. The van der Waals surface area contributed by atoms with Crippen LogP contribution in [0.15, 0.2) is 46.9 Å². The number of aryl methyl sites for hydroxylation is 1. The van der Waals surface area contributed by atoms with Crippen LogP contribution in [-0.4, -0.2) is 22.6 Å². The van der Waals surface area contributed by atoms with E-state index in [0.717, 1.165) is 27.1 Å². The summed E-state index contributed by atoms with van der Waals surface area (Å²) in [6.07, 6.45) is 0. The Bertz CT molecular complexity index is 878. The van der Waals surface area contributed by atoms with Crippen LogP contribution in [0.1, 0.15) is 15.2 Å². The lowest BCUT2D eigenvalue weighted by Gasteiger charge is -2.10. The fourth-order valence-electron chi connectivity index (χ4n) is 2.23. The summed E-state index contributed by atoms with van der Waals surface area (Å²) in [5.41, 5.74) is 3.06. The topological polar surface area (TPSA) is 64.1 Å². The first-order valence-electron chi connectivity index (χ1n) is 7.13. The van der Waals surface area contributed by atoms with E-state index < -0.39 is 0 Å². The van der Waals surface area contributed by atoms with Gasteiger partial charge in [-0.15, -0.1) is 5.10 Å². The van der Waals surface area contributed by atoms with Crippen LogP contribution in [0.4, 0.5) is 5.69 Å². The van der Waals surface area contributed by atoms with Crippen LogP contribution in [-0.2, 0) is 0 Å². The molecule has 24 heavy (non-hydrogen) atoms. The summed E-state index contributed by atoms with van der Waals surface area (Å²) in [7, 11) is 1.57. The molecule has 1 heterocycles. The van der Waals surface area contributed by atoms with Gasteiger partial charge < -0.3 is 10.1 Å². The number of hydrogen-bond acceptors (Lipinski definition) is 5. The normalized spacial score (nSPS) is 10.5. The van der Waals surface area contributed by atoms with Crippen molar-refractivity contribution in [2.24, 2.45) is 0 Å². The second-order valence-electron chi connectivity index (χ2n) is 5.12. The van der Waals surface area contributed by atoms with Crippen molar-refractivity contribution in [2.75, 3.05) is 12.4 Å². The number of methoxy groups -OCH3 is 1. The van der Waals surface area contributed by atoms with E-state index in [1.165, 1.54) is 0 Å². The van der Waals surface area contributed by atoms with Crippen molar-refractivity contribution in [2.45, 2.75) is 6.92 Å². The minimum Gasteiger partial charge on any atom is -0.495 e. The van der Waals surface area contributed by atoms with Gasteiger partial charge in [-0.3, -0.25) is 4.79 Å². The highest BCUT2D eigenvalue weighted by molar-refractivity contribution is 9.10. The lowest BCUT2D eigenvalue weighted by atomic mass is 10.1. The number of benzene rings is 2. The molecule has 1 amide bonds. The summed E-state index contributed by atoms with van der Waals surface area (Å²) in [6, 6.07) is 13.2. The van der Waals surface area contributed by atoms with Crippen molar-refractivity contribution >= 4 is 39.1 Å². The first-order valence-corrected chi connectivity index (χ1v) is 8.69. The van der Waals surface area contributed by atoms with Gasteiger partial charge in [0, 0.05) is 10.0 Å². The number of halogens is 1. The van der Waals surface area contributed by atoms with Crippen LogP contribution in [0.25, 0.3) is 11.3 Å². The van der Waals surface area contributed by atoms with Gasteiger partial charge in [-0.1, -0.05) is 38.6 Å². The molecule has 0 saturated carbocycles. The van der Waals surface area contributed by atoms with Crippen molar-refractivity contribution in [1.29, 1.82) is 0 Å². The lowest BCUT2D eigenvalue weighted by molar-refractivity contribution is 0.103. The maximum Gasteiger partial charge on any atom is 0.269 e. The molecule has 0 spiro atoms. The van der Waals surface area contributed by atoms with Crippen molar-refractivity contribution in [3.63, 3.8) is 0 Å². The lowest BCUT2D eigenvalue weighted by Crippen LogP contribution is -2.12. The zero-order valence-corrected chi connectivity index (χ0v) is 15.4.